The van der Waals surface area contributed by atoms with Gasteiger partial charge in [-0.25, -0.2) is 14.8 Å². The predicted octanol–water partition coefficient (Wildman–Crippen LogP) is 5.93. The zero-order valence-electron chi connectivity index (χ0n) is 26.2. The number of amides is 2. The number of halogens is 3. The molecule has 0 bridgehead atoms. The maximum Gasteiger partial charge on any atom is 0.420 e. The van der Waals surface area contributed by atoms with Crippen LogP contribution in [0.15, 0.2) is 42.6 Å². The lowest BCUT2D eigenvalue weighted by molar-refractivity contribution is -0.138. The van der Waals surface area contributed by atoms with Crippen molar-refractivity contribution in [2.24, 2.45) is 12.8 Å². The molecular formula is C32H40F3N9O2. The van der Waals surface area contributed by atoms with Crippen LogP contribution in [0.1, 0.15) is 50.2 Å². The van der Waals surface area contributed by atoms with Crippen molar-refractivity contribution in [2.45, 2.75) is 63.7 Å². The number of ether oxygens (including phenoxy) is 1. The van der Waals surface area contributed by atoms with Gasteiger partial charge in [-0.2, -0.15) is 18.3 Å². The van der Waals surface area contributed by atoms with E-state index in [4.69, 9.17) is 15.5 Å². The first-order valence-electron chi connectivity index (χ1n) is 15.5. The van der Waals surface area contributed by atoms with Gasteiger partial charge in [0.25, 0.3) is 0 Å². The number of carbonyl (C=O) groups excluding carboxylic acids is 1. The fraction of sp³-hybridized carbons (Fsp3) is 0.438. The minimum Gasteiger partial charge on any atom is -0.493 e. The number of nitrogens with zero attached hydrogens (tertiary/aromatic N) is 4. The molecule has 1 saturated carbocycles. The summed E-state index contributed by atoms with van der Waals surface area (Å²) in [6.07, 6.45) is 2.38. The Morgan fingerprint density at radius 1 is 1.11 bits per heavy atom. The normalized spacial score (nSPS) is 16.8. The van der Waals surface area contributed by atoms with Crippen molar-refractivity contribution in [3.8, 4) is 17.0 Å². The molecule has 6 N–H and O–H groups in total. The second kappa shape index (κ2) is 14.3. The second-order valence-corrected chi connectivity index (χ2v) is 11.5. The Hall–Kier alpha value is -4.43. The molecule has 2 heterocycles. The second-order valence-electron chi connectivity index (χ2n) is 11.5. The average Bonchev–Trinajstić information content (AvgIpc) is 3.39. The van der Waals surface area contributed by atoms with Gasteiger partial charge in [-0.3, -0.25) is 10.00 Å². The molecule has 2 aromatic heterocycles. The molecule has 4 aromatic rings. The lowest BCUT2D eigenvalue weighted by Crippen LogP contribution is -2.33. The van der Waals surface area contributed by atoms with E-state index in [0.717, 1.165) is 65.9 Å². The molecule has 2 amide bonds. The monoisotopic (exact) mass is 639 g/mol. The van der Waals surface area contributed by atoms with Crippen LogP contribution in [0, 0.1) is 0 Å². The lowest BCUT2D eigenvalue weighted by Gasteiger charge is -2.26. The van der Waals surface area contributed by atoms with Gasteiger partial charge in [0.15, 0.2) is 5.82 Å². The van der Waals surface area contributed by atoms with Crippen molar-refractivity contribution in [2.75, 3.05) is 36.1 Å². The van der Waals surface area contributed by atoms with E-state index in [-0.39, 0.29) is 29.9 Å². The van der Waals surface area contributed by atoms with Crippen LogP contribution in [0.25, 0.3) is 22.2 Å². The Balaban J connectivity index is 1.29. The maximum atomic E-state index is 13.7. The minimum absolute atomic E-state index is 0.0356. The summed E-state index contributed by atoms with van der Waals surface area (Å²) in [6.45, 7) is 2.79. The Kier molecular flexibility index (Phi) is 10.3. The number of nitrogens with two attached hydrogens (primary N) is 1. The summed E-state index contributed by atoms with van der Waals surface area (Å²) < 4.78 is 48.2. The van der Waals surface area contributed by atoms with Crippen molar-refractivity contribution in [3.63, 3.8) is 0 Å². The van der Waals surface area contributed by atoms with Gasteiger partial charge in [0, 0.05) is 48.0 Å². The Bertz CT molecular complexity index is 1670. The molecule has 11 nitrogen and oxygen atoms in total. The van der Waals surface area contributed by atoms with Gasteiger partial charge in [0.05, 0.1) is 23.4 Å². The number of fused-ring (bicyclic) bond motifs is 1. The molecule has 14 heteroatoms. The van der Waals surface area contributed by atoms with Gasteiger partial charge in [-0.1, -0.05) is 6.92 Å². The molecule has 1 fully saturated rings. The van der Waals surface area contributed by atoms with Crippen LogP contribution < -0.4 is 31.7 Å². The number of nitrogens with one attached hydrogen (secondary N) is 4. The topological polar surface area (TPSA) is 144 Å². The number of alkyl halides is 3. The Morgan fingerprint density at radius 2 is 1.89 bits per heavy atom. The quantitative estimate of drug-likeness (QED) is 0.127. The summed E-state index contributed by atoms with van der Waals surface area (Å²) in [4.78, 5) is 22.2. The molecular weight excluding hydrogens is 599 g/mol. The number of rotatable bonds is 11. The molecule has 0 spiro atoms. The average molecular weight is 640 g/mol. The highest BCUT2D eigenvalue weighted by atomic mass is 19.4. The standard InChI is InChI=1S/C32H40F3N9O2/c1-4-19-14-20(15-21-18-38-30(42-29(19)21)39-23-8-6-22(36)7-9-23)26-17-28(43-44(26)3)41-31(45)40-24-10-11-27(46-13-5-12-37-2)25(16-24)32(33,34)35/h10-11,14-18,22-23,37H,4-9,12-13,36H2,1-3H3,(H,38,39,42)(H2,40,41,43,45)/t22-,23-. The molecule has 0 aliphatic heterocycles. The molecule has 1 aliphatic rings. The Morgan fingerprint density at radius 3 is 2.61 bits per heavy atom. The highest BCUT2D eigenvalue weighted by Gasteiger charge is 2.35. The van der Waals surface area contributed by atoms with Crippen LogP contribution in [-0.2, 0) is 19.6 Å². The smallest absolute Gasteiger partial charge is 0.420 e. The number of urea groups is 1. The summed E-state index contributed by atoms with van der Waals surface area (Å²) in [5.41, 5.74) is 8.53. The molecule has 0 saturated heterocycles. The third kappa shape index (κ3) is 8.04. The van der Waals surface area contributed by atoms with Crippen molar-refractivity contribution < 1.29 is 22.7 Å². The van der Waals surface area contributed by atoms with Crippen LogP contribution in [0.5, 0.6) is 5.75 Å². The van der Waals surface area contributed by atoms with E-state index in [0.29, 0.717) is 25.0 Å². The zero-order chi connectivity index (χ0) is 32.8. The first kappa shape index (κ1) is 32.9. The highest BCUT2D eigenvalue weighted by molar-refractivity contribution is 5.99. The van der Waals surface area contributed by atoms with Gasteiger partial charge in [0.1, 0.15) is 5.75 Å². The van der Waals surface area contributed by atoms with Gasteiger partial charge in [-0.15, -0.1) is 0 Å². The summed E-state index contributed by atoms with van der Waals surface area (Å²) in [6, 6.07) is 8.97. The predicted molar refractivity (Wildman–Crippen MR) is 173 cm³/mol. The molecule has 1 aliphatic carbocycles. The van der Waals surface area contributed by atoms with Crippen molar-refractivity contribution in [1.29, 1.82) is 0 Å². The molecule has 0 radical (unpaired) electrons. The molecule has 2 aromatic carbocycles. The van der Waals surface area contributed by atoms with E-state index >= 15 is 0 Å². The first-order chi connectivity index (χ1) is 22.0. The summed E-state index contributed by atoms with van der Waals surface area (Å²) in [5, 5.41) is 16.7. The van der Waals surface area contributed by atoms with Crippen LogP contribution in [0.3, 0.4) is 0 Å². The SMILES string of the molecule is CCc1cc(-c2cc(NC(=O)Nc3ccc(OCCCNC)c(C(F)(F)F)c3)nn2C)cc2cnc(N[C@H]3CC[C@H](N)CC3)nc12. The largest absolute Gasteiger partial charge is 0.493 e. The van der Waals surface area contributed by atoms with Crippen molar-refractivity contribution >= 4 is 34.4 Å². The first-order valence-corrected chi connectivity index (χ1v) is 15.5. The van der Waals surface area contributed by atoms with E-state index in [1.165, 1.54) is 12.1 Å². The number of anilines is 3. The third-order valence-corrected chi connectivity index (χ3v) is 8.04. The highest BCUT2D eigenvalue weighted by Crippen LogP contribution is 2.38. The van der Waals surface area contributed by atoms with Gasteiger partial charge >= 0.3 is 12.2 Å². The van der Waals surface area contributed by atoms with E-state index in [2.05, 4.69) is 38.3 Å². The molecule has 0 atom stereocenters. The van der Waals surface area contributed by atoms with Gasteiger partial charge in [-0.05, 0) is 88.0 Å². The van der Waals surface area contributed by atoms with Crippen LogP contribution in [0.2, 0.25) is 0 Å². The summed E-state index contributed by atoms with van der Waals surface area (Å²) in [5.74, 6) is 0.539. The van der Waals surface area contributed by atoms with Crippen LogP contribution in [0.4, 0.5) is 35.4 Å². The number of benzene rings is 2. The van der Waals surface area contributed by atoms with E-state index < -0.39 is 17.8 Å². The third-order valence-electron chi connectivity index (χ3n) is 8.04. The number of aromatic nitrogens is 4. The van der Waals surface area contributed by atoms with E-state index in [1.54, 1.807) is 31.0 Å². The van der Waals surface area contributed by atoms with Crippen molar-refractivity contribution in [1.82, 2.24) is 25.1 Å². The van der Waals surface area contributed by atoms with Crippen LogP contribution >= 0.6 is 0 Å². The maximum absolute atomic E-state index is 13.7. The van der Waals surface area contributed by atoms with E-state index in [9.17, 15) is 18.0 Å². The van der Waals surface area contributed by atoms with Gasteiger partial charge < -0.3 is 26.4 Å². The number of carbonyl (C=O) groups is 1. The number of aryl methyl sites for hydroxylation is 2. The fourth-order valence-electron chi connectivity index (χ4n) is 5.62. The zero-order valence-corrected chi connectivity index (χ0v) is 26.2. The number of hydrogen-bond donors (Lipinski definition) is 5. The van der Waals surface area contributed by atoms with E-state index in [1.807, 2.05) is 12.1 Å². The Labute approximate surface area is 265 Å². The molecule has 5 rings (SSSR count). The van der Waals surface area contributed by atoms with Gasteiger partial charge in [0.2, 0.25) is 5.95 Å². The molecule has 46 heavy (non-hydrogen) atoms. The lowest BCUT2D eigenvalue weighted by atomic mass is 9.92. The molecule has 246 valence electrons. The minimum atomic E-state index is -4.66. The summed E-state index contributed by atoms with van der Waals surface area (Å²) in [7, 11) is 3.50. The fourth-order valence-corrected chi connectivity index (χ4v) is 5.62. The van der Waals surface area contributed by atoms with Crippen LogP contribution in [-0.4, -0.2) is 58.1 Å². The summed E-state index contributed by atoms with van der Waals surface area (Å²) >= 11 is 0. The van der Waals surface area contributed by atoms with Crippen molar-refractivity contribution in [3.05, 3.63) is 53.7 Å². The number of hydrogen-bond acceptors (Lipinski definition) is 8. The molecule has 0 unspecified atom stereocenters.